The molecule has 5 aromatic rings. The van der Waals surface area contributed by atoms with E-state index in [2.05, 4.69) is 9.72 Å². The number of carbonyl (C=O) groups excluding carboxylic acids is 1. The Balaban J connectivity index is 1.49. The van der Waals surface area contributed by atoms with E-state index in [-0.39, 0.29) is 16.9 Å². The summed E-state index contributed by atoms with van der Waals surface area (Å²) in [5, 5.41) is 9.35. The lowest BCUT2D eigenvalue weighted by Crippen LogP contribution is -2.17. The molecule has 0 atom stereocenters. The Morgan fingerprint density at radius 2 is 1.51 bits per heavy atom. The van der Waals surface area contributed by atoms with Crippen molar-refractivity contribution in [3.8, 4) is 23.0 Å². The van der Waals surface area contributed by atoms with E-state index in [1.54, 1.807) is 42.5 Å². The SMILES string of the molecule is O=C(O)/C=C/c1ccc(Oc2c(C(=O)c3ccc(OC(F)(F)F)cc3)cnc3cc(OCc4ccccc4)ccc23)cc1. The smallest absolute Gasteiger partial charge is 0.489 e. The summed E-state index contributed by atoms with van der Waals surface area (Å²) in [6, 6.07) is 25.8. The summed E-state index contributed by atoms with van der Waals surface area (Å²) in [7, 11) is 0. The van der Waals surface area contributed by atoms with E-state index >= 15 is 0 Å². The molecular formula is C33H22F3NO6. The van der Waals surface area contributed by atoms with Crippen LogP contribution in [0.4, 0.5) is 13.2 Å². The topological polar surface area (TPSA) is 95.0 Å². The van der Waals surface area contributed by atoms with Crippen LogP contribution in [0.5, 0.6) is 23.0 Å². The Labute approximate surface area is 243 Å². The number of aliphatic carboxylic acids is 1. The Morgan fingerprint density at radius 1 is 0.837 bits per heavy atom. The van der Waals surface area contributed by atoms with Crippen LogP contribution in [0.1, 0.15) is 27.0 Å². The maximum atomic E-state index is 13.6. The molecule has 0 radical (unpaired) electrons. The second-order valence-electron chi connectivity index (χ2n) is 9.20. The lowest BCUT2D eigenvalue weighted by Gasteiger charge is -2.15. The van der Waals surface area contributed by atoms with Gasteiger partial charge in [-0.3, -0.25) is 9.78 Å². The zero-order chi connectivity index (χ0) is 30.4. The molecule has 1 heterocycles. The van der Waals surface area contributed by atoms with E-state index in [1.165, 1.54) is 24.4 Å². The third-order valence-electron chi connectivity index (χ3n) is 6.15. The van der Waals surface area contributed by atoms with Gasteiger partial charge in [0.1, 0.15) is 29.6 Å². The van der Waals surface area contributed by atoms with Crippen LogP contribution in [-0.2, 0) is 11.4 Å². The second-order valence-corrected chi connectivity index (χ2v) is 9.20. The number of ether oxygens (including phenoxy) is 3. The number of halogens is 3. The number of hydrogen-bond donors (Lipinski definition) is 1. The third kappa shape index (κ3) is 7.56. The summed E-state index contributed by atoms with van der Waals surface area (Å²) in [6.07, 6.45) is -1.10. The van der Waals surface area contributed by atoms with Gasteiger partial charge in [0.15, 0.2) is 5.78 Å². The first-order chi connectivity index (χ1) is 20.6. The number of ketones is 1. The molecule has 0 aliphatic rings. The molecule has 216 valence electrons. The van der Waals surface area contributed by atoms with Crippen molar-refractivity contribution in [2.75, 3.05) is 0 Å². The number of carboxylic acids is 1. The molecule has 43 heavy (non-hydrogen) atoms. The molecule has 0 aliphatic heterocycles. The van der Waals surface area contributed by atoms with Gasteiger partial charge in [-0.1, -0.05) is 42.5 Å². The molecule has 0 amide bonds. The Hall–Kier alpha value is -5.64. The summed E-state index contributed by atoms with van der Waals surface area (Å²) in [5.41, 5.74) is 2.25. The maximum absolute atomic E-state index is 13.6. The first kappa shape index (κ1) is 28.9. The molecule has 0 aliphatic carbocycles. The van der Waals surface area contributed by atoms with Gasteiger partial charge in [0.2, 0.25) is 0 Å². The lowest BCUT2D eigenvalue weighted by molar-refractivity contribution is -0.274. The van der Waals surface area contributed by atoms with Crippen molar-refractivity contribution >= 4 is 28.7 Å². The highest BCUT2D eigenvalue weighted by atomic mass is 19.4. The van der Waals surface area contributed by atoms with E-state index in [9.17, 15) is 22.8 Å². The van der Waals surface area contributed by atoms with E-state index in [1.807, 2.05) is 30.3 Å². The van der Waals surface area contributed by atoms with Crippen LogP contribution in [-0.4, -0.2) is 28.2 Å². The van der Waals surface area contributed by atoms with Crippen molar-refractivity contribution < 1.29 is 42.1 Å². The highest BCUT2D eigenvalue weighted by molar-refractivity contribution is 6.13. The van der Waals surface area contributed by atoms with Crippen molar-refractivity contribution in [3.63, 3.8) is 0 Å². The summed E-state index contributed by atoms with van der Waals surface area (Å²) >= 11 is 0. The summed E-state index contributed by atoms with van der Waals surface area (Å²) in [6.45, 7) is 0.336. The number of fused-ring (bicyclic) bond motifs is 1. The van der Waals surface area contributed by atoms with Crippen LogP contribution in [0.3, 0.4) is 0 Å². The number of nitrogens with zero attached hydrogens (tertiary/aromatic N) is 1. The van der Waals surface area contributed by atoms with Crippen molar-refractivity contribution in [2.45, 2.75) is 13.0 Å². The van der Waals surface area contributed by atoms with E-state index in [0.29, 0.717) is 34.6 Å². The van der Waals surface area contributed by atoms with Crippen molar-refractivity contribution in [3.05, 3.63) is 132 Å². The highest BCUT2D eigenvalue weighted by Gasteiger charge is 2.31. The van der Waals surface area contributed by atoms with Gasteiger partial charge in [0.05, 0.1) is 11.1 Å². The van der Waals surface area contributed by atoms with Gasteiger partial charge in [-0.2, -0.15) is 0 Å². The number of benzene rings is 4. The number of rotatable bonds is 10. The van der Waals surface area contributed by atoms with Crippen LogP contribution in [0.25, 0.3) is 17.0 Å². The Bertz CT molecular complexity index is 1790. The van der Waals surface area contributed by atoms with Crippen LogP contribution in [0.2, 0.25) is 0 Å². The molecule has 1 N–H and O–H groups in total. The molecular weight excluding hydrogens is 563 g/mol. The standard InChI is InChI=1S/C33H22F3NO6/c34-33(35,36)43-25-13-9-23(10-14-25)31(40)28-19-37-29-18-26(41-20-22-4-2-1-3-5-22)15-16-27(29)32(28)42-24-11-6-21(7-12-24)8-17-30(38)39/h1-19H,20H2,(H,38,39)/b17-8+. The zero-order valence-corrected chi connectivity index (χ0v) is 22.2. The molecule has 0 bridgehead atoms. The summed E-state index contributed by atoms with van der Waals surface area (Å²) < 4.78 is 53.8. The number of alkyl halides is 3. The van der Waals surface area contributed by atoms with E-state index < -0.39 is 23.9 Å². The third-order valence-corrected chi connectivity index (χ3v) is 6.15. The molecule has 4 aromatic carbocycles. The van der Waals surface area contributed by atoms with Gasteiger partial charge < -0.3 is 19.3 Å². The molecule has 0 saturated carbocycles. The maximum Gasteiger partial charge on any atom is 0.573 e. The minimum Gasteiger partial charge on any atom is -0.489 e. The van der Waals surface area contributed by atoms with E-state index in [0.717, 1.165) is 23.8 Å². The highest BCUT2D eigenvalue weighted by Crippen LogP contribution is 2.36. The van der Waals surface area contributed by atoms with Gasteiger partial charge in [-0.05, 0) is 65.7 Å². The summed E-state index contributed by atoms with van der Waals surface area (Å²) in [4.78, 5) is 28.8. The van der Waals surface area contributed by atoms with Crippen molar-refractivity contribution in [1.82, 2.24) is 4.98 Å². The van der Waals surface area contributed by atoms with Crippen molar-refractivity contribution in [2.24, 2.45) is 0 Å². The molecule has 0 saturated heterocycles. The fraction of sp³-hybridized carbons (Fsp3) is 0.0606. The van der Waals surface area contributed by atoms with Gasteiger partial charge in [0, 0.05) is 29.3 Å². The largest absolute Gasteiger partial charge is 0.573 e. The van der Waals surface area contributed by atoms with Gasteiger partial charge in [-0.25, -0.2) is 4.79 Å². The number of carboxylic acid groups (broad SMARTS) is 1. The minimum atomic E-state index is -4.86. The number of carbonyl (C=O) groups is 2. The first-order valence-corrected chi connectivity index (χ1v) is 12.8. The minimum absolute atomic E-state index is 0.0739. The monoisotopic (exact) mass is 585 g/mol. The average Bonchev–Trinajstić information content (AvgIpc) is 2.99. The average molecular weight is 586 g/mol. The predicted octanol–water partition coefficient (Wildman–Crippen LogP) is 7.83. The molecule has 0 spiro atoms. The van der Waals surface area contributed by atoms with Crippen LogP contribution in [0.15, 0.2) is 109 Å². The Kier molecular flexibility index (Phi) is 8.38. The quantitative estimate of drug-likeness (QED) is 0.132. The number of hydrogen-bond acceptors (Lipinski definition) is 6. The lowest BCUT2D eigenvalue weighted by atomic mass is 10.0. The predicted molar refractivity (Wildman–Crippen MR) is 152 cm³/mol. The number of pyridine rings is 1. The molecule has 0 fully saturated rings. The van der Waals surface area contributed by atoms with Gasteiger partial charge in [0.25, 0.3) is 0 Å². The molecule has 5 rings (SSSR count). The number of aromatic nitrogens is 1. The van der Waals surface area contributed by atoms with Crippen LogP contribution in [0, 0.1) is 0 Å². The normalized spacial score (nSPS) is 11.4. The van der Waals surface area contributed by atoms with E-state index in [4.69, 9.17) is 14.6 Å². The van der Waals surface area contributed by atoms with Gasteiger partial charge in [-0.15, -0.1) is 13.2 Å². The molecule has 1 aromatic heterocycles. The molecule has 10 heteroatoms. The fourth-order valence-corrected chi connectivity index (χ4v) is 4.15. The fourth-order valence-electron chi connectivity index (χ4n) is 4.15. The van der Waals surface area contributed by atoms with Crippen LogP contribution >= 0.6 is 0 Å². The molecule has 0 unspecified atom stereocenters. The van der Waals surface area contributed by atoms with Crippen LogP contribution < -0.4 is 14.2 Å². The zero-order valence-electron chi connectivity index (χ0n) is 22.2. The summed E-state index contributed by atoms with van der Waals surface area (Å²) in [5.74, 6) is -1.01. The molecule has 7 nitrogen and oxygen atoms in total. The Morgan fingerprint density at radius 3 is 2.19 bits per heavy atom. The first-order valence-electron chi connectivity index (χ1n) is 12.8. The van der Waals surface area contributed by atoms with Crippen molar-refractivity contribution in [1.29, 1.82) is 0 Å². The second kappa shape index (κ2) is 12.5. The van der Waals surface area contributed by atoms with Gasteiger partial charge >= 0.3 is 12.3 Å².